The zero-order chi connectivity index (χ0) is 17.4. The van der Waals surface area contributed by atoms with Crippen molar-refractivity contribution in [3.05, 3.63) is 59.7 Å². The minimum absolute atomic E-state index is 0.239. The van der Waals surface area contributed by atoms with Crippen molar-refractivity contribution in [1.82, 2.24) is 9.78 Å². The molecule has 0 unspecified atom stereocenters. The normalized spacial score (nSPS) is 12.5. The van der Waals surface area contributed by atoms with Crippen LogP contribution in [0.2, 0.25) is 0 Å². The molecule has 1 aliphatic heterocycles. The van der Waals surface area contributed by atoms with Gasteiger partial charge in [-0.05, 0) is 36.8 Å². The number of nitrogens with zero attached hydrogens (tertiary/aromatic N) is 2. The summed E-state index contributed by atoms with van der Waals surface area (Å²) in [6.45, 7) is 0.836. The summed E-state index contributed by atoms with van der Waals surface area (Å²) < 4.78 is 7.10. The molecule has 0 fully saturated rings. The molecule has 0 spiro atoms. The van der Waals surface area contributed by atoms with Crippen LogP contribution in [0, 0.1) is 0 Å². The highest BCUT2D eigenvalue weighted by Gasteiger charge is 2.24. The van der Waals surface area contributed by atoms with Crippen molar-refractivity contribution in [3.63, 3.8) is 0 Å². The van der Waals surface area contributed by atoms with Crippen LogP contribution >= 0.6 is 0 Å². The molecule has 2 heterocycles. The fraction of sp³-hybridized carbons (Fsp3) is 0.158. The maximum Gasteiger partial charge on any atom is 0.335 e. The van der Waals surface area contributed by atoms with Crippen LogP contribution < -0.4 is 10.1 Å². The van der Waals surface area contributed by atoms with Crippen LogP contribution in [0.3, 0.4) is 0 Å². The van der Waals surface area contributed by atoms with Crippen molar-refractivity contribution < 1.29 is 14.6 Å². The van der Waals surface area contributed by atoms with Gasteiger partial charge in [0.15, 0.2) is 0 Å². The topological polar surface area (TPSA) is 76.4 Å². The number of carbonyl (C=O) groups is 1. The largest absolute Gasteiger partial charge is 0.497 e. The van der Waals surface area contributed by atoms with Gasteiger partial charge in [0.1, 0.15) is 11.6 Å². The Morgan fingerprint density at radius 3 is 2.88 bits per heavy atom. The number of hydrogen-bond donors (Lipinski definition) is 2. The molecule has 25 heavy (non-hydrogen) atoms. The lowest BCUT2D eigenvalue weighted by Gasteiger charge is -2.07. The highest BCUT2D eigenvalue weighted by molar-refractivity contribution is 5.88. The van der Waals surface area contributed by atoms with Crippen molar-refractivity contribution in [2.75, 3.05) is 19.0 Å². The van der Waals surface area contributed by atoms with Gasteiger partial charge in [-0.1, -0.05) is 18.2 Å². The van der Waals surface area contributed by atoms with Crippen LogP contribution in [0.5, 0.6) is 5.75 Å². The van der Waals surface area contributed by atoms with Crippen LogP contribution in [-0.2, 0) is 6.42 Å². The number of ether oxygens (including phenoxy) is 1. The maximum atomic E-state index is 11.3. The molecular formula is C19H17N3O3. The first-order valence-corrected chi connectivity index (χ1v) is 8.01. The van der Waals surface area contributed by atoms with E-state index in [4.69, 9.17) is 9.84 Å². The molecule has 0 atom stereocenters. The van der Waals surface area contributed by atoms with E-state index in [9.17, 15) is 9.90 Å². The molecule has 3 aromatic rings. The highest BCUT2D eigenvalue weighted by Crippen LogP contribution is 2.35. The molecule has 1 aromatic heterocycles. The number of aromatic nitrogens is 2. The van der Waals surface area contributed by atoms with Gasteiger partial charge in [0.2, 0.25) is 0 Å². The average molecular weight is 335 g/mol. The number of hydrogen-bond acceptors (Lipinski definition) is 4. The number of anilines is 1. The standard InChI is InChI=1S/C19H17N3O3/c1-25-15-7-3-4-12(11-15)17-16-8-9-20-18(16)22(21-17)14-6-2-5-13(10-14)19(23)24/h2-7,10-11,20H,8-9H2,1H3,(H,23,24). The predicted molar refractivity (Wildman–Crippen MR) is 94.7 cm³/mol. The van der Waals surface area contributed by atoms with E-state index in [1.165, 1.54) is 0 Å². The van der Waals surface area contributed by atoms with Gasteiger partial charge in [-0.3, -0.25) is 0 Å². The summed E-state index contributed by atoms with van der Waals surface area (Å²) in [5.74, 6) is 0.742. The Hall–Kier alpha value is -3.28. The van der Waals surface area contributed by atoms with E-state index in [-0.39, 0.29) is 5.56 Å². The summed E-state index contributed by atoms with van der Waals surface area (Å²) in [5.41, 5.74) is 3.96. The van der Waals surface area contributed by atoms with E-state index in [1.54, 1.807) is 30.0 Å². The Balaban J connectivity index is 1.86. The number of methoxy groups -OCH3 is 1. The van der Waals surface area contributed by atoms with Crippen molar-refractivity contribution in [2.24, 2.45) is 0 Å². The molecule has 0 amide bonds. The number of fused-ring (bicyclic) bond motifs is 1. The number of aromatic carboxylic acids is 1. The summed E-state index contributed by atoms with van der Waals surface area (Å²) in [4.78, 5) is 11.3. The highest BCUT2D eigenvalue weighted by atomic mass is 16.5. The summed E-state index contributed by atoms with van der Waals surface area (Å²) in [5, 5.41) is 17.3. The zero-order valence-electron chi connectivity index (χ0n) is 13.7. The number of benzene rings is 2. The van der Waals surface area contributed by atoms with Gasteiger partial charge >= 0.3 is 5.97 Å². The Bertz CT molecular complexity index is 962. The fourth-order valence-corrected chi connectivity index (χ4v) is 3.13. The molecule has 0 saturated heterocycles. The number of rotatable bonds is 4. The number of nitrogens with one attached hydrogen (secondary N) is 1. The summed E-state index contributed by atoms with van der Waals surface area (Å²) >= 11 is 0. The third-order valence-corrected chi connectivity index (χ3v) is 4.33. The molecule has 1 aliphatic rings. The lowest BCUT2D eigenvalue weighted by molar-refractivity contribution is 0.0697. The van der Waals surface area contributed by atoms with Crippen LogP contribution in [0.15, 0.2) is 48.5 Å². The number of carboxylic acids is 1. The molecule has 0 saturated carbocycles. The first kappa shape index (κ1) is 15.3. The minimum atomic E-state index is -0.952. The first-order chi connectivity index (χ1) is 12.2. The van der Waals surface area contributed by atoms with Crippen LogP contribution in [0.25, 0.3) is 16.9 Å². The lowest BCUT2D eigenvalue weighted by atomic mass is 10.1. The quantitative estimate of drug-likeness (QED) is 0.765. The molecule has 2 N–H and O–H groups in total. The van der Waals surface area contributed by atoms with E-state index >= 15 is 0 Å². The third-order valence-electron chi connectivity index (χ3n) is 4.33. The van der Waals surface area contributed by atoms with Gasteiger partial charge in [0, 0.05) is 17.7 Å². The second-order valence-corrected chi connectivity index (χ2v) is 5.85. The molecule has 2 aromatic carbocycles. The second kappa shape index (κ2) is 5.98. The molecule has 126 valence electrons. The Morgan fingerprint density at radius 2 is 2.08 bits per heavy atom. The molecule has 6 nitrogen and oxygen atoms in total. The van der Waals surface area contributed by atoms with Gasteiger partial charge < -0.3 is 15.2 Å². The van der Waals surface area contributed by atoms with Crippen molar-refractivity contribution in [3.8, 4) is 22.7 Å². The summed E-state index contributed by atoms with van der Waals surface area (Å²) in [6.07, 6.45) is 0.875. The van der Waals surface area contributed by atoms with E-state index < -0.39 is 5.97 Å². The molecule has 0 radical (unpaired) electrons. The SMILES string of the molecule is COc1cccc(-c2nn(-c3cccc(C(=O)O)c3)c3c2CCN3)c1. The van der Waals surface area contributed by atoms with E-state index in [0.29, 0.717) is 0 Å². The van der Waals surface area contributed by atoms with Crippen molar-refractivity contribution in [1.29, 1.82) is 0 Å². The van der Waals surface area contributed by atoms with E-state index in [1.807, 2.05) is 30.3 Å². The molecular weight excluding hydrogens is 318 g/mol. The minimum Gasteiger partial charge on any atom is -0.497 e. The average Bonchev–Trinajstić information content (AvgIpc) is 3.24. The van der Waals surface area contributed by atoms with Gasteiger partial charge in [-0.15, -0.1) is 0 Å². The summed E-state index contributed by atoms with van der Waals surface area (Å²) in [7, 11) is 1.64. The van der Waals surface area contributed by atoms with Crippen LogP contribution in [0.1, 0.15) is 15.9 Å². The second-order valence-electron chi connectivity index (χ2n) is 5.85. The van der Waals surface area contributed by atoms with E-state index in [2.05, 4.69) is 5.32 Å². The van der Waals surface area contributed by atoms with Crippen LogP contribution in [0.4, 0.5) is 5.82 Å². The van der Waals surface area contributed by atoms with Gasteiger partial charge in [-0.25, -0.2) is 9.48 Å². The maximum absolute atomic E-state index is 11.3. The number of carboxylic acid groups (broad SMARTS) is 1. The molecule has 6 heteroatoms. The Labute approximate surface area is 144 Å². The van der Waals surface area contributed by atoms with Crippen LogP contribution in [-0.4, -0.2) is 34.5 Å². The third kappa shape index (κ3) is 2.61. The van der Waals surface area contributed by atoms with Gasteiger partial charge in [0.25, 0.3) is 0 Å². The summed E-state index contributed by atoms with van der Waals surface area (Å²) in [6, 6.07) is 14.6. The van der Waals surface area contributed by atoms with Gasteiger partial charge in [0.05, 0.1) is 24.1 Å². The monoisotopic (exact) mass is 335 g/mol. The smallest absolute Gasteiger partial charge is 0.335 e. The van der Waals surface area contributed by atoms with Crippen molar-refractivity contribution in [2.45, 2.75) is 6.42 Å². The molecule has 0 aliphatic carbocycles. The van der Waals surface area contributed by atoms with Gasteiger partial charge in [-0.2, -0.15) is 5.10 Å². The predicted octanol–water partition coefficient (Wildman–Crippen LogP) is 3.21. The zero-order valence-corrected chi connectivity index (χ0v) is 13.7. The Kier molecular flexibility index (Phi) is 3.65. The Morgan fingerprint density at radius 1 is 1.24 bits per heavy atom. The lowest BCUT2D eigenvalue weighted by Crippen LogP contribution is -2.05. The molecule has 4 rings (SSSR count). The fourth-order valence-electron chi connectivity index (χ4n) is 3.13. The molecule has 0 bridgehead atoms. The van der Waals surface area contributed by atoms with Crippen molar-refractivity contribution >= 4 is 11.8 Å². The van der Waals surface area contributed by atoms with E-state index in [0.717, 1.165) is 47.0 Å². The first-order valence-electron chi connectivity index (χ1n) is 8.01.